The zero-order valence-corrected chi connectivity index (χ0v) is 16.9. The molecule has 0 spiro atoms. The van der Waals surface area contributed by atoms with Gasteiger partial charge in [0.05, 0.1) is 4.92 Å². The SMILES string of the molecule is Cl.O=C(c1ccc(NCc2ccccc2)c([N+](=O)[O-])c1)N1CCC2CCC(C1)N2. The molecule has 4 rings (SSSR count). The predicted octanol–water partition coefficient (Wildman–Crippen LogP) is 3.60. The smallest absolute Gasteiger partial charge is 0.293 e. The average Bonchev–Trinajstić information content (AvgIpc) is 3.05. The second-order valence-electron chi connectivity index (χ2n) is 7.51. The van der Waals surface area contributed by atoms with E-state index >= 15 is 0 Å². The number of benzene rings is 2. The molecular formula is C21H25ClN4O3. The van der Waals surface area contributed by atoms with E-state index in [1.807, 2.05) is 35.2 Å². The van der Waals surface area contributed by atoms with E-state index in [0.717, 1.165) is 18.4 Å². The summed E-state index contributed by atoms with van der Waals surface area (Å²) in [6.07, 6.45) is 3.18. The summed E-state index contributed by atoms with van der Waals surface area (Å²) in [7, 11) is 0. The minimum Gasteiger partial charge on any atom is -0.375 e. The van der Waals surface area contributed by atoms with Crippen LogP contribution in [-0.2, 0) is 6.54 Å². The molecule has 0 aliphatic carbocycles. The summed E-state index contributed by atoms with van der Waals surface area (Å²) in [6, 6.07) is 15.2. The van der Waals surface area contributed by atoms with Crippen molar-refractivity contribution < 1.29 is 9.72 Å². The number of rotatable bonds is 5. The first kappa shape index (κ1) is 21.1. The highest BCUT2D eigenvalue weighted by atomic mass is 35.5. The third-order valence-corrected chi connectivity index (χ3v) is 5.58. The molecule has 8 heteroatoms. The third kappa shape index (κ3) is 4.86. The molecule has 2 aromatic carbocycles. The molecule has 29 heavy (non-hydrogen) atoms. The summed E-state index contributed by atoms with van der Waals surface area (Å²) in [6.45, 7) is 1.84. The molecule has 1 amide bonds. The number of nitro groups is 1. The van der Waals surface area contributed by atoms with Crippen LogP contribution in [0.2, 0.25) is 0 Å². The number of nitrogens with one attached hydrogen (secondary N) is 2. The molecule has 2 bridgehead atoms. The third-order valence-electron chi connectivity index (χ3n) is 5.58. The summed E-state index contributed by atoms with van der Waals surface area (Å²) in [4.78, 5) is 25.9. The predicted molar refractivity (Wildman–Crippen MR) is 115 cm³/mol. The molecule has 2 aliphatic rings. The van der Waals surface area contributed by atoms with E-state index in [0.29, 0.717) is 43.0 Å². The monoisotopic (exact) mass is 416 g/mol. The summed E-state index contributed by atoms with van der Waals surface area (Å²) in [5.74, 6) is -0.132. The minimum absolute atomic E-state index is 0. The number of halogens is 1. The van der Waals surface area contributed by atoms with Gasteiger partial charge in [0.2, 0.25) is 0 Å². The molecule has 154 valence electrons. The fourth-order valence-electron chi connectivity index (χ4n) is 4.07. The van der Waals surface area contributed by atoms with E-state index in [1.165, 1.54) is 12.5 Å². The lowest BCUT2D eigenvalue weighted by Crippen LogP contribution is -2.39. The van der Waals surface area contributed by atoms with Gasteiger partial charge in [-0.15, -0.1) is 12.4 Å². The fourth-order valence-corrected chi connectivity index (χ4v) is 4.07. The molecule has 0 saturated carbocycles. The number of hydrogen-bond acceptors (Lipinski definition) is 5. The van der Waals surface area contributed by atoms with Crippen molar-refractivity contribution in [2.24, 2.45) is 0 Å². The van der Waals surface area contributed by atoms with Gasteiger partial charge in [-0.2, -0.15) is 0 Å². The highest BCUT2D eigenvalue weighted by molar-refractivity contribution is 5.95. The van der Waals surface area contributed by atoms with Crippen molar-refractivity contribution >= 4 is 29.7 Å². The largest absolute Gasteiger partial charge is 0.375 e. The van der Waals surface area contributed by atoms with Crippen molar-refractivity contribution in [1.29, 1.82) is 0 Å². The van der Waals surface area contributed by atoms with Crippen LogP contribution in [0.5, 0.6) is 0 Å². The van der Waals surface area contributed by atoms with Gasteiger partial charge in [-0.1, -0.05) is 30.3 Å². The number of anilines is 1. The Kier molecular flexibility index (Phi) is 6.71. The molecule has 2 atom stereocenters. The Morgan fingerprint density at radius 2 is 1.90 bits per heavy atom. The zero-order valence-electron chi connectivity index (χ0n) is 16.0. The number of likely N-dealkylation sites (tertiary alicyclic amines) is 1. The number of carbonyl (C=O) groups is 1. The number of carbonyl (C=O) groups excluding carboxylic acids is 1. The van der Waals surface area contributed by atoms with Crippen LogP contribution in [0.1, 0.15) is 35.2 Å². The summed E-state index contributed by atoms with van der Waals surface area (Å²) in [5.41, 5.74) is 1.75. The van der Waals surface area contributed by atoms with Crippen LogP contribution in [-0.4, -0.2) is 40.9 Å². The van der Waals surface area contributed by atoms with Gasteiger partial charge in [-0.3, -0.25) is 14.9 Å². The van der Waals surface area contributed by atoms with E-state index < -0.39 is 4.92 Å². The van der Waals surface area contributed by atoms with Crippen molar-refractivity contribution in [2.75, 3.05) is 18.4 Å². The average molecular weight is 417 g/mol. The maximum atomic E-state index is 12.9. The van der Waals surface area contributed by atoms with Crippen LogP contribution < -0.4 is 10.6 Å². The Bertz CT molecular complexity index is 877. The topological polar surface area (TPSA) is 87.5 Å². The van der Waals surface area contributed by atoms with Crippen LogP contribution in [0.15, 0.2) is 48.5 Å². The Morgan fingerprint density at radius 1 is 1.14 bits per heavy atom. The summed E-state index contributed by atoms with van der Waals surface area (Å²) in [5, 5.41) is 18.2. The highest BCUT2D eigenvalue weighted by Gasteiger charge is 2.32. The van der Waals surface area contributed by atoms with Crippen LogP contribution in [0.4, 0.5) is 11.4 Å². The van der Waals surface area contributed by atoms with Gasteiger partial charge in [-0.05, 0) is 37.0 Å². The van der Waals surface area contributed by atoms with E-state index in [2.05, 4.69) is 10.6 Å². The van der Waals surface area contributed by atoms with E-state index in [4.69, 9.17) is 0 Å². The van der Waals surface area contributed by atoms with Crippen molar-refractivity contribution in [2.45, 2.75) is 37.9 Å². The lowest BCUT2D eigenvalue weighted by atomic mass is 10.1. The standard InChI is InChI=1S/C21H24N4O3.ClH/c26-21(24-11-10-17-7-8-18(14-24)23-17)16-6-9-19(20(12-16)25(27)28)22-13-15-4-2-1-3-5-15;/h1-6,9,12,17-18,22-23H,7-8,10-11,13-14H2;1H. The molecule has 7 nitrogen and oxygen atoms in total. The van der Waals surface area contributed by atoms with Gasteiger partial charge in [0.1, 0.15) is 5.69 Å². The maximum Gasteiger partial charge on any atom is 0.293 e. The van der Waals surface area contributed by atoms with Crippen molar-refractivity contribution in [3.8, 4) is 0 Å². The molecule has 2 N–H and O–H groups in total. The lowest BCUT2D eigenvalue weighted by Gasteiger charge is -2.24. The van der Waals surface area contributed by atoms with Gasteiger partial charge in [0, 0.05) is 43.3 Å². The molecule has 2 fully saturated rings. The van der Waals surface area contributed by atoms with E-state index in [-0.39, 0.29) is 24.0 Å². The van der Waals surface area contributed by atoms with Crippen molar-refractivity contribution in [3.05, 3.63) is 69.8 Å². The normalized spacial score (nSPS) is 20.5. The molecule has 2 heterocycles. The van der Waals surface area contributed by atoms with E-state index in [9.17, 15) is 14.9 Å². The van der Waals surface area contributed by atoms with Crippen molar-refractivity contribution in [3.63, 3.8) is 0 Å². The maximum absolute atomic E-state index is 12.9. The summed E-state index contributed by atoms with van der Waals surface area (Å²) < 4.78 is 0. The number of amides is 1. The molecule has 0 aromatic heterocycles. The van der Waals surface area contributed by atoms with Crippen molar-refractivity contribution in [1.82, 2.24) is 10.2 Å². The Morgan fingerprint density at radius 3 is 2.66 bits per heavy atom. The van der Waals surface area contributed by atoms with Crippen LogP contribution in [0, 0.1) is 10.1 Å². The number of nitro benzene ring substituents is 1. The first-order valence-corrected chi connectivity index (χ1v) is 9.72. The van der Waals surface area contributed by atoms with Gasteiger partial charge in [0.25, 0.3) is 11.6 Å². The quantitative estimate of drug-likeness (QED) is 0.574. The zero-order chi connectivity index (χ0) is 19.5. The number of nitrogens with zero attached hydrogens (tertiary/aromatic N) is 2. The molecule has 2 unspecified atom stereocenters. The summed E-state index contributed by atoms with van der Waals surface area (Å²) >= 11 is 0. The minimum atomic E-state index is -0.434. The number of hydrogen-bond donors (Lipinski definition) is 2. The first-order chi connectivity index (χ1) is 13.6. The van der Waals surface area contributed by atoms with Gasteiger partial charge >= 0.3 is 0 Å². The molecule has 2 aromatic rings. The van der Waals surface area contributed by atoms with Crippen LogP contribution in [0.25, 0.3) is 0 Å². The molecule has 2 aliphatic heterocycles. The molecular weight excluding hydrogens is 392 g/mol. The van der Waals surface area contributed by atoms with E-state index in [1.54, 1.807) is 12.1 Å². The molecule has 2 saturated heterocycles. The van der Waals surface area contributed by atoms with Gasteiger partial charge < -0.3 is 15.5 Å². The molecule has 0 radical (unpaired) electrons. The van der Waals surface area contributed by atoms with Crippen LogP contribution in [0.3, 0.4) is 0 Å². The Balaban J connectivity index is 0.00000240. The van der Waals surface area contributed by atoms with Gasteiger partial charge in [-0.25, -0.2) is 0 Å². The lowest BCUT2D eigenvalue weighted by molar-refractivity contribution is -0.384. The highest BCUT2D eigenvalue weighted by Crippen LogP contribution is 2.28. The second kappa shape index (κ2) is 9.24. The van der Waals surface area contributed by atoms with Gasteiger partial charge in [0.15, 0.2) is 0 Å². The second-order valence-corrected chi connectivity index (χ2v) is 7.51. The Labute approximate surface area is 176 Å². The first-order valence-electron chi connectivity index (χ1n) is 9.72. The Hall–Kier alpha value is -2.64. The number of fused-ring (bicyclic) bond motifs is 2. The fraction of sp³-hybridized carbons (Fsp3) is 0.381. The van der Waals surface area contributed by atoms with Crippen LogP contribution >= 0.6 is 12.4 Å².